The van der Waals surface area contributed by atoms with Crippen LogP contribution in [0.2, 0.25) is 0 Å². The Morgan fingerprint density at radius 3 is 2.76 bits per heavy atom. The van der Waals surface area contributed by atoms with Gasteiger partial charge in [0.05, 0.1) is 15.8 Å². The van der Waals surface area contributed by atoms with Gasteiger partial charge in [0.1, 0.15) is 0 Å². The zero-order valence-corrected chi connectivity index (χ0v) is 15.3. The lowest BCUT2D eigenvalue weighted by Gasteiger charge is -2.07. The van der Waals surface area contributed by atoms with Gasteiger partial charge in [-0.15, -0.1) is 11.8 Å². The highest BCUT2D eigenvalue weighted by atomic mass is 32.2. The van der Waals surface area contributed by atoms with Crippen LogP contribution in [-0.4, -0.2) is 16.6 Å². The summed E-state index contributed by atoms with van der Waals surface area (Å²) >= 11 is 3.19. The summed E-state index contributed by atoms with van der Waals surface area (Å²) < 4.78 is 1.10. The number of benzene rings is 3. The van der Waals surface area contributed by atoms with Gasteiger partial charge in [-0.05, 0) is 29.3 Å². The normalized spacial score (nSPS) is 11.1. The van der Waals surface area contributed by atoms with Gasteiger partial charge in [-0.2, -0.15) is 0 Å². The largest absolute Gasteiger partial charge is 0.298 e. The number of aromatic nitrogens is 1. The Bertz CT molecular complexity index is 1070. The number of carbonyl (C=O) groups is 1. The Balaban J connectivity index is 1.69. The number of amides is 1. The van der Waals surface area contributed by atoms with E-state index in [0.29, 0.717) is 10.7 Å². The lowest BCUT2D eigenvalue weighted by molar-refractivity contribution is 0.102. The van der Waals surface area contributed by atoms with Gasteiger partial charge in [-0.3, -0.25) is 10.1 Å². The minimum Gasteiger partial charge on any atom is -0.298 e. The van der Waals surface area contributed by atoms with E-state index < -0.39 is 0 Å². The van der Waals surface area contributed by atoms with Crippen LogP contribution in [0.5, 0.6) is 0 Å². The summed E-state index contributed by atoms with van der Waals surface area (Å²) in [5, 5.41) is 5.95. The smallest absolute Gasteiger partial charge is 0.258 e. The maximum absolute atomic E-state index is 12.7. The van der Waals surface area contributed by atoms with Crippen molar-refractivity contribution in [2.75, 3.05) is 11.1 Å². The molecule has 1 aromatic heterocycles. The molecule has 25 heavy (non-hydrogen) atoms. The van der Waals surface area contributed by atoms with Gasteiger partial charge >= 0.3 is 0 Å². The van der Waals surface area contributed by atoms with Gasteiger partial charge in [0, 0.05) is 10.3 Å². The van der Waals surface area contributed by atoms with Gasteiger partial charge in [0.15, 0.2) is 5.13 Å². The van der Waals surface area contributed by atoms with E-state index in [4.69, 9.17) is 0 Å². The molecule has 0 fully saturated rings. The van der Waals surface area contributed by atoms with Crippen molar-refractivity contribution in [1.29, 1.82) is 0 Å². The third kappa shape index (κ3) is 3.13. The Hall–Kier alpha value is -2.37. The van der Waals surface area contributed by atoms with E-state index in [1.165, 1.54) is 22.1 Å². The maximum atomic E-state index is 12.7. The SMILES string of the molecule is CCSc1ccccc1C(=O)Nc1nc2ccc3ccccc3c2s1. The summed E-state index contributed by atoms with van der Waals surface area (Å²) in [6.45, 7) is 2.08. The molecule has 0 atom stereocenters. The van der Waals surface area contributed by atoms with E-state index in [9.17, 15) is 4.79 Å². The summed E-state index contributed by atoms with van der Waals surface area (Å²) in [5.41, 5.74) is 1.61. The van der Waals surface area contributed by atoms with Crippen molar-refractivity contribution in [3.05, 3.63) is 66.2 Å². The van der Waals surface area contributed by atoms with E-state index >= 15 is 0 Å². The van der Waals surface area contributed by atoms with Crippen molar-refractivity contribution in [2.24, 2.45) is 0 Å². The molecule has 3 nitrogen and oxygen atoms in total. The van der Waals surface area contributed by atoms with Crippen LogP contribution in [0.1, 0.15) is 17.3 Å². The predicted molar refractivity (Wildman–Crippen MR) is 108 cm³/mol. The molecule has 0 spiro atoms. The first-order chi connectivity index (χ1) is 12.3. The summed E-state index contributed by atoms with van der Waals surface area (Å²) in [6, 6.07) is 20.0. The van der Waals surface area contributed by atoms with Crippen LogP contribution in [0.25, 0.3) is 21.0 Å². The van der Waals surface area contributed by atoms with Crippen molar-refractivity contribution < 1.29 is 4.79 Å². The summed E-state index contributed by atoms with van der Waals surface area (Å²) in [4.78, 5) is 18.3. The van der Waals surface area contributed by atoms with Crippen LogP contribution in [0.15, 0.2) is 65.6 Å². The fourth-order valence-corrected chi connectivity index (χ4v) is 4.61. The first kappa shape index (κ1) is 16.1. The Kier molecular flexibility index (Phi) is 4.42. The molecule has 1 heterocycles. The molecule has 0 aliphatic rings. The molecule has 0 bridgehead atoms. The van der Waals surface area contributed by atoms with Crippen LogP contribution < -0.4 is 5.32 Å². The first-order valence-electron chi connectivity index (χ1n) is 8.07. The number of nitrogens with zero attached hydrogens (tertiary/aromatic N) is 1. The average molecular weight is 364 g/mol. The summed E-state index contributed by atoms with van der Waals surface area (Å²) in [7, 11) is 0. The number of rotatable bonds is 4. The van der Waals surface area contributed by atoms with Crippen LogP contribution in [0.4, 0.5) is 5.13 Å². The number of fused-ring (bicyclic) bond motifs is 3. The minimum atomic E-state index is -0.111. The lowest BCUT2D eigenvalue weighted by atomic mass is 10.1. The van der Waals surface area contributed by atoms with Crippen LogP contribution in [0, 0.1) is 0 Å². The van der Waals surface area contributed by atoms with Gasteiger partial charge in [0.2, 0.25) is 0 Å². The molecular formula is C20H16N2OS2. The topological polar surface area (TPSA) is 42.0 Å². The fraction of sp³-hybridized carbons (Fsp3) is 0.100. The summed E-state index contributed by atoms with van der Waals surface area (Å²) in [6.07, 6.45) is 0. The first-order valence-corrected chi connectivity index (χ1v) is 9.88. The van der Waals surface area contributed by atoms with E-state index in [2.05, 4.69) is 35.4 Å². The Labute approximate surface area is 154 Å². The third-order valence-corrected chi connectivity index (χ3v) is 5.91. The van der Waals surface area contributed by atoms with E-state index in [0.717, 1.165) is 20.9 Å². The van der Waals surface area contributed by atoms with E-state index in [-0.39, 0.29) is 5.91 Å². The second-order valence-corrected chi connectivity index (χ2v) is 7.84. The van der Waals surface area contributed by atoms with Crippen molar-refractivity contribution in [3.8, 4) is 0 Å². The quantitative estimate of drug-likeness (QED) is 0.464. The van der Waals surface area contributed by atoms with Crippen LogP contribution >= 0.6 is 23.1 Å². The standard InChI is InChI=1S/C20H16N2OS2/c1-2-24-17-10-6-5-9-15(17)19(23)22-20-21-16-12-11-13-7-3-4-8-14(13)18(16)25-20/h3-12H,2H2,1H3,(H,21,22,23). The monoisotopic (exact) mass is 364 g/mol. The fourth-order valence-electron chi connectivity index (χ4n) is 2.81. The number of hydrogen-bond acceptors (Lipinski definition) is 4. The molecule has 1 N–H and O–H groups in total. The lowest BCUT2D eigenvalue weighted by Crippen LogP contribution is -2.12. The molecule has 5 heteroatoms. The average Bonchev–Trinajstić information content (AvgIpc) is 3.05. The van der Waals surface area contributed by atoms with Crippen LogP contribution in [-0.2, 0) is 0 Å². The summed E-state index contributed by atoms with van der Waals surface area (Å²) in [5.74, 6) is 0.817. The molecule has 4 rings (SSSR count). The Morgan fingerprint density at radius 1 is 1.08 bits per heavy atom. The molecule has 0 aliphatic heterocycles. The molecular weight excluding hydrogens is 348 g/mol. The zero-order chi connectivity index (χ0) is 17.2. The second kappa shape index (κ2) is 6.86. The predicted octanol–water partition coefficient (Wildman–Crippen LogP) is 5.81. The Morgan fingerprint density at radius 2 is 1.88 bits per heavy atom. The maximum Gasteiger partial charge on any atom is 0.258 e. The van der Waals surface area contributed by atoms with Gasteiger partial charge in [0.25, 0.3) is 5.91 Å². The molecule has 3 aromatic carbocycles. The number of thioether (sulfide) groups is 1. The van der Waals surface area contributed by atoms with Crippen molar-refractivity contribution in [1.82, 2.24) is 4.98 Å². The molecule has 0 radical (unpaired) electrons. The number of hydrogen-bond donors (Lipinski definition) is 1. The minimum absolute atomic E-state index is 0.111. The van der Waals surface area contributed by atoms with Crippen molar-refractivity contribution in [3.63, 3.8) is 0 Å². The highest BCUT2D eigenvalue weighted by Crippen LogP contribution is 2.33. The molecule has 0 unspecified atom stereocenters. The second-order valence-electron chi connectivity index (χ2n) is 5.54. The molecule has 4 aromatic rings. The zero-order valence-electron chi connectivity index (χ0n) is 13.7. The highest BCUT2D eigenvalue weighted by molar-refractivity contribution is 7.99. The van der Waals surface area contributed by atoms with Crippen molar-refractivity contribution in [2.45, 2.75) is 11.8 Å². The van der Waals surface area contributed by atoms with Gasteiger partial charge in [-0.1, -0.05) is 60.7 Å². The number of nitrogens with one attached hydrogen (secondary N) is 1. The molecule has 124 valence electrons. The molecule has 0 saturated carbocycles. The van der Waals surface area contributed by atoms with Gasteiger partial charge in [-0.25, -0.2) is 4.98 Å². The highest BCUT2D eigenvalue weighted by Gasteiger charge is 2.14. The number of anilines is 1. The molecule has 0 saturated heterocycles. The van der Waals surface area contributed by atoms with E-state index in [1.807, 2.05) is 42.5 Å². The number of carbonyl (C=O) groups excluding carboxylic acids is 1. The van der Waals surface area contributed by atoms with E-state index in [1.54, 1.807) is 11.8 Å². The molecule has 1 amide bonds. The third-order valence-electron chi connectivity index (χ3n) is 3.93. The van der Waals surface area contributed by atoms with Gasteiger partial charge < -0.3 is 0 Å². The van der Waals surface area contributed by atoms with Crippen LogP contribution in [0.3, 0.4) is 0 Å². The van der Waals surface area contributed by atoms with Crippen molar-refractivity contribution >= 4 is 55.1 Å². The molecule has 0 aliphatic carbocycles. The number of thiazole rings is 1.